The zero-order valence-corrected chi connectivity index (χ0v) is 14.1. The number of anilines is 1. The van der Waals surface area contributed by atoms with Crippen LogP contribution in [0.2, 0.25) is 0 Å². The van der Waals surface area contributed by atoms with Crippen molar-refractivity contribution in [2.24, 2.45) is 0 Å². The number of amides is 2. The van der Waals surface area contributed by atoms with E-state index in [1.807, 2.05) is 0 Å². The molecule has 2 amide bonds. The average molecular weight is 361 g/mol. The molecule has 0 atom stereocenters. The molecule has 7 nitrogen and oxygen atoms in total. The van der Waals surface area contributed by atoms with Gasteiger partial charge in [-0.15, -0.1) is 0 Å². The van der Waals surface area contributed by atoms with Gasteiger partial charge in [-0.2, -0.15) is 0 Å². The number of aliphatic hydroxyl groups excluding tert-OH is 1. The molecule has 138 valence electrons. The van der Waals surface area contributed by atoms with Crippen molar-refractivity contribution in [3.05, 3.63) is 70.0 Å². The molecule has 8 heteroatoms. The van der Waals surface area contributed by atoms with Crippen LogP contribution in [0.25, 0.3) is 0 Å². The van der Waals surface area contributed by atoms with Gasteiger partial charge in [0.05, 0.1) is 17.2 Å². The number of benzene rings is 2. The number of nitro groups is 1. The fourth-order valence-corrected chi connectivity index (χ4v) is 2.45. The van der Waals surface area contributed by atoms with Gasteiger partial charge in [-0.25, -0.2) is 9.18 Å². The lowest BCUT2D eigenvalue weighted by molar-refractivity contribution is -0.385. The van der Waals surface area contributed by atoms with Crippen LogP contribution in [0.4, 0.5) is 20.6 Å². The second kappa shape index (κ2) is 9.47. The molecule has 0 aliphatic heterocycles. The van der Waals surface area contributed by atoms with Gasteiger partial charge in [0.25, 0.3) is 5.69 Å². The molecule has 0 fully saturated rings. The molecule has 26 heavy (non-hydrogen) atoms. The van der Waals surface area contributed by atoms with Crippen molar-refractivity contribution in [2.45, 2.75) is 19.4 Å². The van der Waals surface area contributed by atoms with Crippen LogP contribution in [0, 0.1) is 15.9 Å². The van der Waals surface area contributed by atoms with Crippen molar-refractivity contribution in [3.63, 3.8) is 0 Å². The first-order chi connectivity index (χ1) is 12.5. The first-order valence-electron chi connectivity index (χ1n) is 8.16. The summed E-state index contributed by atoms with van der Waals surface area (Å²) in [5.41, 5.74) is 0.329. The van der Waals surface area contributed by atoms with Gasteiger partial charge in [-0.05, 0) is 25.0 Å². The Bertz CT molecular complexity index is 770. The van der Waals surface area contributed by atoms with E-state index in [0.29, 0.717) is 18.4 Å². The Balaban J connectivity index is 2.19. The fraction of sp³-hybridized carbons (Fsp3) is 0.278. The summed E-state index contributed by atoms with van der Waals surface area (Å²) >= 11 is 0. The molecule has 0 aromatic heterocycles. The predicted octanol–water partition coefficient (Wildman–Crippen LogP) is 3.54. The first-order valence-corrected chi connectivity index (χ1v) is 8.16. The molecule has 0 saturated heterocycles. The number of aliphatic hydroxyl groups is 1. The van der Waals surface area contributed by atoms with E-state index in [-0.39, 0.29) is 31.1 Å². The average Bonchev–Trinajstić information content (AvgIpc) is 2.63. The third-order valence-electron chi connectivity index (χ3n) is 3.79. The maximum atomic E-state index is 13.8. The van der Waals surface area contributed by atoms with E-state index in [0.717, 1.165) is 0 Å². The van der Waals surface area contributed by atoms with Crippen molar-refractivity contribution in [2.75, 3.05) is 18.5 Å². The summed E-state index contributed by atoms with van der Waals surface area (Å²) in [6.45, 7) is 0.254. The lowest BCUT2D eigenvalue weighted by Crippen LogP contribution is -2.35. The lowest BCUT2D eigenvalue weighted by Gasteiger charge is -2.23. The molecule has 0 unspecified atom stereocenters. The maximum Gasteiger partial charge on any atom is 0.322 e. The lowest BCUT2D eigenvalue weighted by atomic mass is 10.1. The monoisotopic (exact) mass is 361 g/mol. The van der Waals surface area contributed by atoms with Gasteiger partial charge in [-0.3, -0.25) is 10.1 Å². The zero-order chi connectivity index (χ0) is 18.9. The topological polar surface area (TPSA) is 95.7 Å². The Hall–Kier alpha value is -3.00. The van der Waals surface area contributed by atoms with Crippen molar-refractivity contribution in [1.82, 2.24) is 4.90 Å². The normalized spacial score (nSPS) is 10.4. The molecular weight excluding hydrogens is 341 g/mol. The van der Waals surface area contributed by atoms with Crippen LogP contribution in [0.3, 0.4) is 0 Å². The number of unbranched alkanes of at least 4 members (excludes halogenated alkanes) is 1. The van der Waals surface area contributed by atoms with E-state index in [2.05, 4.69) is 5.32 Å². The summed E-state index contributed by atoms with van der Waals surface area (Å²) in [6.07, 6.45) is 1.00. The number of halogens is 1. The predicted molar refractivity (Wildman–Crippen MR) is 95.2 cm³/mol. The largest absolute Gasteiger partial charge is 0.396 e. The van der Waals surface area contributed by atoms with Crippen LogP contribution in [-0.4, -0.2) is 34.1 Å². The third kappa shape index (κ3) is 5.25. The second-order valence-corrected chi connectivity index (χ2v) is 5.65. The highest BCUT2D eigenvalue weighted by atomic mass is 19.1. The molecule has 0 saturated carbocycles. The summed E-state index contributed by atoms with van der Waals surface area (Å²) in [4.78, 5) is 24.6. The Kier molecular flexibility index (Phi) is 7.04. The fourth-order valence-electron chi connectivity index (χ4n) is 2.45. The highest BCUT2D eigenvalue weighted by Crippen LogP contribution is 2.21. The minimum atomic E-state index is -0.568. The molecule has 2 aromatic carbocycles. The van der Waals surface area contributed by atoms with Crippen molar-refractivity contribution in [1.29, 1.82) is 0 Å². The number of carbonyl (C=O) groups excluding carboxylic acids is 1. The molecule has 0 aliphatic rings. The molecule has 0 spiro atoms. The minimum absolute atomic E-state index is 0.00285. The van der Waals surface area contributed by atoms with Crippen molar-refractivity contribution in [3.8, 4) is 0 Å². The number of rotatable bonds is 8. The Morgan fingerprint density at radius 3 is 2.54 bits per heavy atom. The first kappa shape index (κ1) is 19.3. The number of nitro benzene ring substituents is 1. The Morgan fingerprint density at radius 1 is 1.15 bits per heavy atom. The van der Waals surface area contributed by atoms with Crippen LogP contribution in [-0.2, 0) is 6.54 Å². The number of para-hydroxylation sites is 2. The molecule has 2 rings (SSSR count). The van der Waals surface area contributed by atoms with Gasteiger partial charge in [0.15, 0.2) is 0 Å². The standard InChI is InChI=1S/C18H20FN3O4/c19-15-8-2-3-9-16(15)20-18(24)21(11-5-6-12-23)13-14-7-1-4-10-17(14)22(25)26/h1-4,7-10,23H,5-6,11-13H2,(H,20,24). The zero-order valence-electron chi connectivity index (χ0n) is 14.1. The van der Waals surface area contributed by atoms with Crippen LogP contribution in [0.5, 0.6) is 0 Å². The summed E-state index contributed by atoms with van der Waals surface area (Å²) in [5.74, 6) is -0.568. The van der Waals surface area contributed by atoms with Gasteiger partial charge in [0.2, 0.25) is 0 Å². The molecule has 0 radical (unpaired) electrons. The highest BCUT2D eigenvalue weighted by Gasteiger charge is 2.20. The van der Waals surface area contributed by atoms with E-state index < -0.39 is 16.8 Å². The van der Waals surface area contributed by atoms with Gasteiger partial charge in [0, 0.05) is 24.8 Å². The minimum Gasteiger partial charge on any atom is -0.396 e. The van der Waals surface area contributed by atoms with E-state index >= 15 is 0 Å². The van der Waals surface area contributed by atoms with Crippen molar-refractivity contribution >= 4 is 17.4 Å². The highest BCUT2D eigenvalue weighted by molar-refractivity contribution is 5.89. The number of nitrogens with one attached hydrogen (secondary N) is 1. The van der Waals surface area contributed by atoms with E-state index in [1.54, 1.807) is 24.3 Å². The molecule has 2 N–H and O–H groups in total. The van der Waals surface area contributed by atoms with Crippen LogP contribution < -0.4 is 5.32 Å². The quantitative estimate of drug-likeness (QED) is 0.427. The number of urea groups is 1. The Morgan fingerprint density at radius 2 is 1.85 bits per heavy atom. The van der Waals surface area contributed by atoms with Crippen LogP contribution in [0.1, 0.15) is 18.4 Å². The number of hydrogen-bond donors (Lipinski definition) is 2. The number of carbonyl (C=O) groups is 1. The summed E-state index contributed by atoms with van der Waals surface area (Å²) in [5, 5.41) is 22.6. The Labute approximate surface area is 150 Å². The van der Waals surface area contributed by atoms with E-state index in [4.69, 9.17) is 5.11 Å². The summed E-state index contributed by atoms with van der Waals surface area (Å²) in [7, 11) is 0. The van der Waals surface area contributed by atoms with Gasteiger partial charge < -0.3 is 15.3 Å². The van der Waals surface area contributed by atoms with Crippen molar-refractivity contribution < 1.29 is 19.2 Å². The SMILES string of the molecule is O=C(Nc1ccccc1F)N(CCCCO)Cc1ccccc1[N+](=O)[O-]. The maximum absolute atomic E-state index is 13.8. The summed E-state index contributed by atoms with van der Waals surface area (Å²) in [6, 6.07) is 11.4. The van der Waals surface area contributed by atoms with E-state index in [1.165, 1.54) is 29.2 Å². The molecule has 0 bridgehead atoms. The van der Waals surface area contributed by atoms with Gasteiger partial charge >= 0.3 is 6.03 Å². The number of hydrogen-bond acceptors (Lipinski definition) is 4. The van der Waals surface area contributed by atoms with Gasteiger partial charge in [0.1, 0.15) is 5.82 Å². The van der Waals surface area contributed by atoms with E-state index in [9.17, 15) is 19.3 Å². The smallest absolute Gasteiger partial charge is 0.322 e. The molecule has 0 aliphatic carbocycles. The second-order valence-electron chi connectivity index (χ2n) is 5.65. The van der Waals surface area contributed by atoms with Gasteiger partial charge in [-0.1, -0.05) is 30.3 Å². The summed E-state index contributed by atoms with van der Waals surface area (Å²) < 4.78 is 13.8. The van der Waals surface area contributed by atoms with Crippen LogP contribution in [0.15, 0.2) is 48.5 Å². The van der Waals surface area contributed by atoms with Crippen LogP contribution >= 0.6 is 0 Å². The molecular formula is C18H20FN3O4. The molecule has 2 aromatic rings. The molecule has 0 heterocycles. The third-order valence-corrected chi connectivity index (χ3v) is 3.79. The number of nitrogens with zero attached hydrogens (tertiary/aromatic N) is 2.